The minimum Gasteiger partial charge on any atom is -0.438 e. The Bertz CT molecular complexity index is 296. The smallest absolute Gasteiger partial charge is 0.308 e. The van der Waals surface area contributed by atoms with Gasteiger partial charge in [0.05, 0.1) is 12.8 Å². The predicted octanol–water partition coefficient (Wildman–Crippen LogP) is -0.815. The van der Waals surface area contributed by atoms with Crippen LogP contribution in [0, 0.1) is 20.2 Å². The van der Waals surface area contributed by atoms with Crippen molar-refractivity contribution in [2.24, 2.45) is 0 Å². The molecule has 12 nitrogen and oxygen atoms in total. The van der Waals surface area contributed by atoms with Gasteiger partial charge in [-0.05, 0) is 0 Å². The van der Waals surface area contributed by atoms with E-state index >= 15 is 0 Å². The fourth-order valence-electron chi connectivity index (χ4n) is 0.619. The minimum atomic E-state index is -1.16. The molecule has 0 spiro atoms. The van der Waals surface area contributed by atoms with Gasteiger partial charge in [0.2, 0.25) is 13.6 Å². The molecule has 0 radical (unpaired) electrons. The van der Waals surface area contributed by atoms with Gasteiger partial charge in [-0.1, -0.05) is 0 Å². The van der Waals surface area contributed by atoms with Crippen LogP contribution in [0.3, 0.4) is 0 Å². The van der Waals surface area contributed by atoms with Gasteiger partial charge in [-0.2, -0.15) is 0 Å². The maximum atomic E-state index is 10.8. The van der Waals surface area contributed by atoms with Crippen LogP contribution in [0.5, 0.6) is 0 Å². The standard InChI is InChI=1S/C6H8N2O10/c9-5(15-3-17-7(11)12)1-2-6(10)16-4-18-8(13)14/h1-4H2. The van der Waals surface area contributed by atoms with Crippen LogP contribution in [0.4, 0.5) is 0 Å². The molecule has 0 fully saturated rings. The Morgan fingerprint density at radius 1 is 0.833 bits per heavy atom. The monoisotopic (exact) mass is 268 g/mol. The fraction of sp³-hybridized carbons (Fsp3) is 0.667. The van der Waals surface area contributed by atoms with Crippen molar-refractivity contribution >= 4 is 11.9 Å². The molecular weight excluding hydrogens is 260 g/mol. The molecular formula is C6H8N2O10. The Kier molecular flexibility index (Phi) is 7.23. The van der Waals surface area contributed by atoms with Crippen molar-refractivity contribution in [3.05, 3.63) is 20.2 Å². The van der Waals surface area contributed by atoms with Gasteiger partial charge < -0.3 is 9.47 Å². The summed E-state index contributed by atoms with van der Waals surface area (Å²) in [5.41, 5.74) is 0. The van der Waals surface area contributed by atoms with Crippen LogP contribution in [0.15, 0.2) is 0 Å². The highest BCUT2D eigenvalue weighted by Gasteiger charge is 2.10. The average molecular weight is 268 g/mol. The van der Waals surface area contributed by atoms with E-state index in [1.165, 1.54) is 0 Å². The summed E-state index contributed by atoms with van der Waals surface area (Å²) in [6.45, 7) is -1.77. The summed E-state index contributed by atoms with van der Waals surface area (Å²) in [5.74, 6) is -1.85. The number of rotatable bonds is 9. The summed E-state index contributed by atoms with van der Waals surface area (Å²) in [6.07, 6.45) is -0.837. The van der Waals surface area contributed by atoms with Crippen molar-refractivity contribution in [2.45, 2.75) is 12.8 Å². The van der Waals surface area contributed by atoms with E-state index in [1.807, 2.05) is 0 Å². The van der Waals surface area contributed by atoms with E-state index in [-0.39, 0.29) is 0 Å². The van der Waals surface area contributed by atoms with E-state index in [9.17, 15) is 29.8 Å². The van der Waals surface area contributed by atoms with Crippen molar-refractivity contribution in [1.82, 2.24) is 0 Å². The van der Waals surface area contributed by atoms with Crippen LogP contribution >= 0.6 is 0 Å². The molecule has 0 heterocycles. The Labute approximate surface area is 98.6 Å². The molecule has 0 N–H and O–H groups in total. The van der Waals surface area contributed by atoms with Crippen molar-refractivity contribution in [2.75, 3.05) is 13.6 Å². The Hall–Kier alpha value is -2.66. The molecule has 0 amide bonds. The summed E-state index contributed by atoms with van der Waals surface area (Å²) in [4.78, 5) is 48.4. The number of nitrogens with zero attached hydrogens (tertiary/aromatic N) is 2. The van der Waals surface area contributed by atoms with Crippen LogP contribution in [0.1, 0.15) is 12.8 Å². The Morgan fingerprint density at radius 2 is 1.17 bits per heavy atom. The van der Waals surface area contributed by atoms with E-state index in [0.29, 0.717) is 0 Å². The third-order valence-electron chi connectivity index (χ3n) is 1.29. The first-order chi connectivity index (χ1) is 8.41. The number of ether oxygens (including phenoxy) is 2. The minimum absolute atomic E-state index is 0.418. The molecule has 0 bridgehead atoms. The summed E-state index contributed by atoms with van der Waals surface area (Å²) in [5, 5.41) is 17.0. The van der Waals surface area contributed by atoms with Gasteiger partial charge in [0, 0.05) is 0 Å². The molecule has 0 aliphatic heterocycles. The van der Waals surface area contributed by atoms with E-state index in [4.69, 9.17) is 0 Å². The van der Waals surface area contributed by atoms with Gasteiger partial charge >= 0.3 is 11.9 Å². The lowest BCUT2D eigenvalue weighted by Gasteiger charge is -2.03. The summed E-state index contributed by atoms with van der Waals surface area (Å²) < 4.78 is 8.39. The van der Waals surface area contributed by atoms with E-state index in [2.05, 4.69) is 19.1 Å². The van der Waals surface area contributed by atoms with Crippen LogP contribution < -0.4 is 0 Å². The molecule has 0 aromatic heterocycles. The second-order valence-electron chi connectivity index (χ2n) is 2.47. The molecule has 0 saturated heterocycles. The molecule has 0 aliphatic carbocycles. The lowest BCUT2D eigenvalue weighted by atomic mass is 10.3. The maximum absolute atomic E-state index is 10.8. The number of hydrogen-bond acceptors (Lipinski definition) is 10. The molecule has 0 unspecified atom stereocenters. The van der Waals surface area contributed by atoms with Gasteiger partial charge in [-0.15, -0.1) is 20.2 Å². The van der Waals surface area contributed by atoms with Crippen LogP contribution in [-0.4, -0.2) is 35.7 Å². The first-order valence-electron chi connectivity index (χ1n) is 4.27. The zero-order valence-corrected chi connectivity index (χ0v) is 8.81. The molecule has 0 aromatic carbocycles. The van der Waals surface area contributed by atoms with Crippen LogP contribution in [0.25, 0.3) is 0 Å². The average Bonchev–Trinajstić information content (AvgIpc) is 2.25. The van der Waals surface area contributed by atoms with Crippen molar-refractivity contribution in [1.29, 1.82) is 0 Å². The summed E-state index contributed by atoms with van der Waals surface area (Å²) in [7, 11) is 0. The predicted molar refractivity (Wildman–Crippen MR) is 47.3 cm³/mol. The number of carbonyl (C=O) groups excluding carboxylic acids is 2. The van der Waals surface area contributed by atoms with Crippen molar-refractivity contribution in [3.63, 3.8) is 0 Å². The normalized spacial score (nSPS) is 9.11. The van der Waals surface area contributed by atoms with Gasteiger partial charge in [0.15, 0.2) is 0 Å². The van der Waals surface area contributed by atoms with Crippen molar-refractivity contribution < 1.29 is 38.9 Å². The third-order valence-corrected chi connectivity index (χ3v) is 1.29. The van der Waals surface area contributed by atoms with E-state index in [1.54, 1.807) is 0 Å². The second-order valence-corrected chi connectivity index (χ2v) is 2.47. The lowest BCUT2D eigenvalue weighted by Crippen LogP contribution is -2.15. The summed E-state index contributed by atoms with van der Waals surface area (Å²) >= 11 is 0. The molecule has 0 aromatic rings. The zero-order valence-electron chi connectivity index (χ0n) is 8.81. The molecule has 0 rings (SSSR count). The fourth-order valence-corrected chi connectivity index (χ4v) is 0.619. The van der Waals surface area contributed by atoms with Gasteiger partial charge in [0.25, 0.3) is 10.2 Å². The quantitative estimate of drug-likeness (QED) is 0.224. The Morgan fingerprint density at radius 3 is 1.44 bits per heavy atom. The highest BCUT2D eigenvalue weighted by atomic mass is 17.0. The second kappa shape index (κ2) is 8.49. The van der Waals surface area contributed by atoms with Crippen LogP contribution in [-0.2, 0) is 28.7 Å². The first kappa shape index (κ1) is 15.3. The summed E-state index contributed by atoms with van der Waals surface area (Å²) in [6, 6.07) is 0. The van der Waals surface area contributed by atoms with Gasteiger partial charge in [-0.25, -0.2) is 0 Å². The largest absolute Gasteiger partial charge is 0.438 e. The van der Waals surface area contributed by atoms with Gasteiger partial charge in [0.1, 0.15) is 0 Å². The SMILES string of the molecule is O=C(CCC(=O)OCO[N+](=O)[O-])OCO[N+](=O)[O-]. The molecule has 12 heteroatoms. The van der Waals surface area contributed by atoms with E-state index < -0.39 is 48.5 Å². The molecule has 0 saturated carbocycles. The molecule has 0 atom stereocenters. The number of esters is 2. The highest BCUT2D eigenvalue weighted by molar-refractivity contribution is 5.77. The molecule has 0 aliphatic rings. The lowest BCUT2D eigenvalue weighted by molar-refractivity contribution is -0.765. The Balaban J connectivity index is 3.56. The molecule has 102 valence electrons. The zero-order chi connectivity index (χ0) is 14.0. The third kappa shape index (κ3) is 9.88. The first-order valence-corrected chi connectivity index (χ1v) is 4.27. The van der Waals surface area contributed by atoms with E-state index in [0.717, 1.165) is 0 Å². The molecule has 18 heavy (non-hydrogen) atoms. The topological polar surface area (TPSA) is 157 Å². The van der Waals surface area contributed by atoms with Crippen molar-refractivity contribution in [3.8, 4) is 0 Å². The highest BCUT2D eigenvalue weighted by Crippen LogP contribution is 1.96. The number of carbonyl (C=O) groups is 2. The number of hydrogen-bond donors (Lipinski definition) is 0. The maximum Gasteiger partial charge on any atom is 0.308 e. The van der Waals surface area contributed by atoms with Crippen LogP contribution in [0.2, 0.25) is 0 Å². The van der Waals surface area contributed by atoms with Gasteiger partial charge in [-0.3, -0.25) is 19.3 Å².